The molecule has 0 aliphatic carbocycles. The minimum absolute atomic E-state index is 0.180. The van der Waals surface area contributed by atoms with Crippen LogP contribution >= 0.6 is 11.6 Å². The summed E-state index contributed by atoms with van der Waals surface area (Å²) in [7, 11) is 0. The van der Waals surface area contributed by atoms with E-state index in [1.54, 1.807) is 6.20 Å². The van der Waals surface area contributed by atoms with Crippen LogP contribution in [-0.2, 0) is 0 Å². The van der Waals surface area contributed by atoms with Gasteiger partial charge in [-0.15, -0.1) is 11.6 Å². The summed E-state index contributed by atoms with van der Waals surface area (Å²) < 4.78 is 0. The molecule has 5 heteroatoms. The zero-order valence-electron chi connectivity index (χ0n) is 9.06. The number of halogens is 1. The summed E-state index contributed by atoms with van der Waals surface area (Å²) in [6, 6.07) is 9.63. The van der Waals surface area contributed by atoms with Gasteiger partial charge in [-0.3, -0.25) is 9.89 Å². The van der Waals surface area contributed by atoms with Crippen molar-refractivity contribution < 1.29 is 4.79 Å². The van der Waals surface area contributed by atoms with Gasteiger partial charge in [0, 0.05) is 12.7 Å². The number of alkyl halides is 1. The molecule has 1 aromatic carbocycles. The van der Waals surface area contributed by atoms with Gasteiger partial charge in [0.15, 0.2) is 0 Å². The number of aromatic amines is 1. The standard InChI is InChI=1S/C12H12ClN3O/c13-11(9-4-2-1-3-5-9)8-14-12(17)10-6-15-16-7-10/h1-7,11H,8H2,(H,14,17)(H,15,16). The second-order valence-electron chi connectivity index (χ2n) is 3.58. The van der Waals surface area contributed by atoms with Crippen molar-refractivity contribution in [2.24, 2.45) is 0 Å². The highest BCUT2D eigenvalue weighted by atomic mass is 35.5. The topological polar surface area (TPSA) is 57.8 Å². The fraction of sp³-hybridized carbons (Fsp3) is 0.167. The monoisotopic (exact) mass is 249 g/mol. The summed E-state index contributed by atoms with van der Waals surface area (Å²) in [4.78, 5) is 11.6. The van der Waals surface area contributed by atoms with E-state index in [4.69, 9.17) is 11.6 Å². The van der Waals surface area contributed by atoms with Crippen LogP contribution in [0.5, 0.6) is 0 Å². The highest BCUT2D eigenvalue weighted by Crippen LogP contribution is 2.18. The van der Waals surface area contributed by atoms with E-state index in [-0.39, 0.29) is 11.3 Å². The molecule has 0 saturated heterocycles. The number of amides is 1. The molecular formula is C12H12ClN3O. The lowest BCUT2D eigenvalue weighted by atomic mass is 10.1. The average molecular weight is 250 g/mol. The number of carbonyl (C=O) groups is 1. The molecule has 2 aromatic rings. The Balaban J connectivity index is 1.89. The van der Waals surface area contributed by atoms with E-state index in [9.17, 15) is 4.79 Å². The van der Waals surface area contributed by atoms with Crippen LogP contribution in [0.1, 0.15) is 21.3 Å². The van der Waals surface area contributed by atoms with E-state index in [1.165, 1.54) is 6.20 Å². The molecule has 88 valence electrons. The average Bonchev–Trinajstić information content (AvgIpc) is 2.90. The predicted molar refractivity (Wildman–Crippen MR) is 66.0 cm³/mol. The van der Waals surface area contributed by atoms with Crippen molar-refractivity contribution in [2.45, 2.75) is 5.38 Å². The fourth-order valence-corrected chi connectivity index (χ4v) is 1.66. The Morgan fingerprint density at radius 3 is 2.82 bits per heavy atom. The van der Waals surface area contributed by atoms with Gasteiger partial charge < -0.3 is 5.32 Å². The number of H-pyrrole nitrogens is 1. The molecule has 2 N–H and O–H groups in total. The van der Waals surface area contributed by atoms with Crippen molar-refractivity contribution in [1.29, 1.82) is 0 Å². The molecule has 1 atom stereocenters. The SMILES string of the molecule is O=C(NCC(Cl)c1ccccc1)c1cn[nH]c1. The molecule has 0 aliphatic heterocycles. The minimum Gasteiger partial charge on any atom is -0.350 e. The summed E-state index contributed by atoms with van der Waals surface area (Å²) in [5.41, 5.74) is 1.49. The van der Waals surface area contributed by atoms with Crippen molar-refractivity contribution >= 4 is 17.5 Å². The van der Waals surface area contributed by atoms with Gasteiger partial charge in [-0.25, -0.2) is 0 Å². The molecule has 4 nitrogen and oxygen atoms in total. The van der Waals surface area contributed by atoms with Crippen LogP contribution in [0, 0.1) is 0 Å². The highest BCUT2D eigenvalue weighted by Gasteiger charge is 2.11. The summed E-state index contributed by atoms with van der Waals surface area (Å²) >= 11 is 6.17. The highest BCUT2D eigenvalue weighted by molar-refractivity contribution is 6.21. The Hall–Kier alpha value is -1.81. The zero-order chi connectivity index (χ0) is 12.1. The maximum atomic E-state index is 11.6. The smallest absolute Gasteiger partial charge is 0.254 e. The van der Waals surface area contributed by atoms with Crippen molar-refractivity contribution in [3.63, 3.8) is 0 Å². The van der Waals surface area contributed by atoms with Gasteiger partial charge in [0.25, 0.3) is 5.91 Å². The first-order chi connectivity index (χ1) is 8.27. The third-order valence-corrected chi connectivity index (χ3v) is 2.77. The predicted octanol–water partition coefficient (Wildman–Crippen LogP) is 2.12. The van der Waals surface area contributed by atoms with Gasteiger partial charge in [-0.05, 0) is 5.56 Å². The summed E-state index contributed by atoms with van der Waals surface area (Å²) in [5, 5.41) is 8.82. The second kappa shape index (κ2) is 5.50. The Kier molecular flexibility index (Phi) is 3.77. The zero-order valence-corrected chi connectivity index (χ0v) is 9.82. The minimum atomic E-state index is -0.230. The lowest BCUT2D eigenvalue weighted by molar-refractivity contribution is 0.0953. The van der Waals surface area contributed by atoms with Gasteiger partial charge >= 0.3 is 0 Å². The van der Waals surface area contributed by atoms with Crippen LogP contribution < -0.4 is 5.32 Å². The molecule has 1 aromatic heterocycles. The first-order valence-corrected chi connectivity index (χ1v) is 5.67. The lowest BCUT2D eigenvalue weighted by Gasteiger charge is -2.10. The van der Waals surface area contributed by atoms with Crippen LogP contribution in [0.2, 0.25) is 0 Å². The molecule has 17 heavy (non-hydrogen) atoms. The number of hydrogen-bond acceptors (Lipinski definition) is 2. The van der Waals surface area contributed by atoms with Crippen molar-refractivity contribution in [1.82, 2.24) is 15.5 Å². The fourth-order valence-electron chi connectivity index (χ4n) is 1.44. The normalized spacial score (nSPS) is 12.1. The Labute approximate surface area is 104 Å². The third-order valence-electron chi connectivity index (χ3n) is 2.36. The van der Waals surface area contributed by atoms with E-state index in [0.29, 0.717) is 12.1 Å². The van der Waals surface area contributed by atoms with Gasteiger partial charge in [-0.1, -0.05) is 30.3 Å². The third kappa shape index (κ3) is 3.07. The Bertz CT molecular complexity index is 470. The van der Waals surface area contributed by atoms with Crippen LogP contribution in [0.25, 0.3) is 0 Å². The van der Waals surface area contributed by atoms with Crippen molar-refractivity contribution in [2.75, 3.05) is 6.54 Å². The number of nitrogens with zero attached hydrogens (tertiary/aromatic N) is 1. The van der Waals surface area contributed by atoms with E-state index < -0.39 is 0 Å². The van der Waals surface area contributed by atoms with Crippen molar-refractivity contribution in [3.8, 4) is 0 Å². The number of carbonyl (C=O) groups excluding carboxylic acids is 1. The molecule has 0 aliphatic rings. The molecular weight excluding hydrogens is 238 g/mol. The van der Waals surface area contributed by atoms with Gasteiger partial charge in [-0.2, -0.15) is 5.10 Å². The number of nitrogens with one attached hydrogen (secondary N) is 2. The number of aromatic nitrogens is 2. The van der Waals surface area contributed by atoms with Gasteiger partial charge in [0.05, 0.1) is 17.1 Å². The van der Waals surface area contributed by atoms with Gasteiger partial charge in [0.1, 0.15) is 0 Å². The summed E-state index contributed by atoms with van der Waals surface area (Å²) in [6.07, 6.45) is 3.02. The molecule has 0 bridgehead atoms. The number of benzene rings is 1. The van der Waals surface area contributed by atoms with E-state index in [1.807, 2.05) is 30.3 Å². The van der Waals surface area contributed by atoms with Crippen LogP contribution in [0.3, 0.4) is 0 Å². The first kappa shape index (κ1) is 11.7. The molecule has 1 unspecified atom stereocenters. The molecule has 1 amide bonds. The van der Waals surface area contributed by atoms with E-state index >= 15 is 0 Å². The first-order valence-electron chi connectivity index (χ1n) is 5.23. The number of hydrogen-bond donors (Lipinski definition) is 2. The van der Waals surface area contributed by atoms with E-state index in [2.05, 4.69) is 15.5 Å². The molecule has 0 fully saturated rings. The maximum absolute atomic E-state index is 11.6. The van der Waals surface area contributed by atoms with Gasteiger partial charge in [0.2, 0.25) is 0 Å². The Morgan fingerprint density at radius 2 is 2.18 bits per heavy atom. The largest absolute Gasteiger partial charge is 0.350 e. The second-order valence-corrected chi connectivity index (χ2v) is 4.10. The quantitative estimate of drug-likeness (QED) is 0.816. The molecule has 0 saturated carbocycles. The van der Waals surface area contributed by atoms with Crippen molar-refractivity contribution in [3.05, 3.63) is 53.9 Å². The molecule has 0 spiro atoms. The van der Waals surface area contributed by atoms with Crippen LogP contribution in [0.4, 0.5) is 0 Å². The molecule has 0 radical (unpaired) electrons. The number of rotatable bonds is 4. The Morgan fingerprint density at radius 1 is 1.41 bits per heavy atom. The molecule has 1 heterocycles. The van der Waals surface area contributed by atoms with E-state index in [0.717, 1.165) is 5.56 Å². The summed E-state index contributed by atoms with van der Waals surface area (Å²) in [6.45, 7) is 0.385. The lowest BCUT2D eigenvalue weighted by Crippen LogP contribution is -2.26. The maximum Gasteiger partial charge on any atom is 0.254 e. The van der Waals surface area contributed by atoms with Crippen LogP contribution in [0.15, 0.2) is 42.7 Å². The van der Waals surface area contributed by atoms with Crippen LogP contribution in [-0.4, -0.2) is 22.6 Å². The summed E-state index contributed by atoms with van der Waals surface area (Å²) in [5.74, 6) is -0.180. The molecule has 2 rings (SSSR count).